The first-order valence-electron chi connectivity index (χ1n) is 6.56. The van der Waals surface area contributed by atoms with Crippen LogP contribution in [0.3, 0.4) is 0 Å². The first-order valence-corrected chi connectivity index (χ1v) is 6.56. The molecular formula is C14H21N5. The van der Waals surface area contributed by atoms with Crippen LogP contribution in [0.4, 0.5) is 0 Å². The van der Waals surface area contributed by atoms with Crippen LogP contribution in [-0.2, 0) is 13.0 Å². The molecule has 5 heteroatoms. The normalized spacial score (nSPS) is 12.6. The van der Waals surface area contributed by atoms with Gasteiger partial charge in [0.25, 0.3) is 0 Å². The van der Waals surface area contributed by atoms with Gasteiger partial charge in [-0.15, -0.1) is 0 Å². The third-order valence-corrected chi connectivity index (χ3v) is 3.32. The predicted octanol–water partition coefficient (Wildman–Crippen LogP) is 1.66. The first kappa shape index (κ1) is 13.7. The van der Waals surface area contributed by atoms with Crippen molar-refractivity contribution in [2.75, 3.05) is 0 Å². The monoisotopic (exact) mass is 259 g/mol. The van der Waals surface area contributed by atoms with Gasteiger partial charge in [0.15, 0.2) is 0 Å². The van der Waals surface area contributed by atoms with Gasteiger partial charge in [-0.3, -0.25) is 20.9 Å². The molecular weight excluding hydrogens is 238 g/mol. The third kappa shape index (κ3) is 3.00. The van der Waals surface area contributed by atoms with E-state index >= 15 is 0 Å². The van der Waals surface area contributed by atoms with E-state index in [-0.39, 0.29) is 6.04 Å². The Morgan fingerprint density at radius 1 is 1.42 bits per heavy atom. The molecule has 3 N–H and O–H groups in total. The van der Waals surface area contributed by atoms with Gasteiger partial charge in [-0.2, -0.15) is 5.10 Å². The number of hydrogen-bond donors (Lipinski definition) is 2. The lowest BCUT2D eigenvalue weighted by atomic mass is 10.0. The number of rotatable bonds is 5. The fraction of sp³-hybridized carbons (Fsp3) is 0.429. The summed E-state index contributed by atoms with van der Waals surface area (Å²) in [6, 6.07) is 6.16. The molecule has 0 aromatic carbocycles. The average Bonchev–Trinajstić information content (AvgIpc) is 2.77. The number of aromatic nitrogens is 3. The van der Waals surface area contributed by atoms with Gasteiger partial charge in [0, 0.05) is 30.6 Å². The van der Waals surface area contributed by atoms with Crippen LogP contribution in [0.2, 0.25) is 0 Å². The maximum atomic E-state index is 5.71. The molecule has 0 fully saturated rings. The van der Waals surface area contributed by atoms with Gasteiger partial charge in [-0.1, -0.05) is 6.07 Å². The minimum atomic E-state index is 0.0510. The van der Waals surface area contributed by atoms with Crippen LogP contribution in [0.5, 0.6) is 0 Å². The standard InChI is InChI=1S/C14H21N5/c1-4-19-12(8-10(2)18-19)9-14(17-15)13-6-5-7-16-11(13)3/h5-8,14,17H,4,9,15H2,1-3H3. The molecule has 0 amide bonds. The van der Waals surface area contributed by atoms with Crippen molar-refractivity contribution in [3.63, 3.8) is 0 Å². The number of nitrogens with one attached hydrogen (secondary N) is 1. The van der Waals surface area contributed by atoms with Crippen molar-refractivity contribution >= 4 is 0 Å². The van der Waals surface area contributed by atoms with Crippen LogP contribution in [0, 0.1) is 13.8 Å². The second kappa shape index (κ2) is 5.95. The van der Waals surface area contributed by atoms with Crippen molar-refractivity contribution in [2.24, 2.45) is 5.84 Å². The Kier molecular flexibility index (Phi) is 4.29. The summed E-state index contributed by atoms with van der Waals surface area (Å²) in [6.45, 7) is 6.97. The van der Waals surface area contributed by atoms with E-state index in [0.717, 1.165) is 29.9 Å². The lowest BCUT2D eigenvalue weighted by Crippen LogP contribution is -2.31. The summed E-state index contributed by atoms with van der Waals surface area (Å²) in [6.07, 6.45) is 2.60. The van der Waals surface area contributed by atoms with E-state index in [1.54, 1.807) is 6.20 Å². The second-order valence-corrected chi connectivity index (χ2v) is 4.69. The predicted molar refractivity (Wildman–Crippen MR) is 75.4 cm³/mol. The summed E-state index contributed by atoms with van der Waals surface area (Å²) in [7, 11) is 0. The zero-order chi connectivity index (χ0) is 13.8. The fourth-order valence-electron chi connectivity index (χ4n) is 2.37. The van der Waals surface area contributed by atoms with Crippen molar-refractivity contribution in [1.82, 2.24) is 20.2 Å². The molecule has 0 spiro atoms. The summed E-state index contributed by atoms with van der Waals surface area (Å²) in [5, 5.41) is 4.47. The van der Waals surface area contributed by atoms with Gasteiger partial charge in [0.05, 0.1) is 11.7 Å². The zero-order valence-corrected chi connectivity index (χ0v) is 11.7. The molecule has 0 aliphatic rings. The molecule has 0 aliphatic carbocycles. The van der Waals surface area contributed by atoms with E-state index in [0.29, 0.717) is 0 Å². The minimum absolute atomic E-state index is 0.0510. The number of nitrogens with two attached hydrogens (primary N) is 1. The molecule has 0 saturated carbocycles. The molecule has 2 heterocycles. The van der Waals surface area contributed by atoms with E-state index in [2.05, 4.69) is 34.6 Å². The van der Waals surface area contributed by atoms with Crippen molar-refractivity contribution < 1.29 is 0 Å². The highest BCUT2D eigenvalue weighted by molar-refractivity contribution is 5.24. The van der Waals surface area contributed by atoms with Gasteiger partial charge in [-0.25, -0.2) is 0 Å². The molecule has 0 aliphatic heterocycles. The highest BCUT2D eigenvalue weighted by Crippen LogP contribution is 2.20. The van der Waals surface area contributed by atoms with E-state index < -0.39 is 0 Å². The van der Waals surface area contributed by atoms with E-state index in [1.165, 1.54) is 5.69 Å². The maximum Gasteiger partial charge on any atom is 0.0596 e. The Hall–Kier alpha value is -1.72. The Labute approximate surface area is 113 Å². The third-order valence-electron chi connectivity index (χ3n) is 3.32. The number of hydrogen-bond acceptors (Lipinski definition) is 4. The quantitative estimate of drug-likeness (QED) is 0.633. The molecule has 19 heavy (non-hydrogen) atoms. The molecule has 2 aromatic heterocycles. The number of aryl methyl sites for hydroxylation is 3. The Morgan fingerprint density at radius 2 is 2.21 bits per heavy atom. The molecule has 5 nitrogen and oxygen atoms in total. The second-order valence-electron chi connectivity index (χ2n) is 4.69. The Morgan fingerprint density at radius 3 is 2.84 bits per heavy atom. The van der Waals surface area contributed by atoms with E-state index in [1.807, 2.05) is 24.6 Å². The number of pyridine rings is 1. The molecule has 1 atom stereocenters. The van der Waals surface area contributed by atoms with Gasteiger partial charge in [-0.05, 0) is 38.5 Å². The smallest absolute Gasteiger partial charge is 0.0596 e. The van der Waals surface area contributed by atoms with Gasteiger partial charge >= 0.3 is 0 Å². The lowest BCUT2D eigenvalue weighted by Gasteiger charge is -2.18. The topological polar surface area (TPSA) is 68.8 Å². The van der Waals surface area contributed by atoms with Crippen LogP contribution in [0.1, 0.15) is 35.6 Å². The van der Waals surface area contributed by atoms with Crippen LogP contribution in [0.15, 0.2) is 24.4 Å². The van der Waals surface area contributed by atoms with Crippen LogP contribution in [0.25, 0.3) is 0 Å². The van der Waals surface area contributed by atoms with Crippen molar-refractivity contribution in [3.8, 4) is 0 Å². The van der Waals surface area contributed by atoms with Crippen molar-refractivity contribution in [1.29, 1.82) is 0 Å². The van der Waals surface area contributed by atoms with Crippen LogP contribution >= 0.6 is 0 Å². The molecule has 0 saturated heterocycles. The zero-order valence-electron chi connectivity index (χ0n) is 11.7. The van der Waals surface area contributed by atoms with E-state index in [4.69, 9.17) is 5.84 Å². The lowest BCUT2D eigenvalue weighted by molar-refractivity contribution is 0.513. The maximum absolute atomic E-state index is 5.71. The highest BCUT2D eigenvalue weighted by Gasteiger charge is 2.16. The van der Waals surface area contributed by atoms with Gasteiger partial charge < -0.3 is 0 Å². The first-order chi connectivity index (χ1) is 9.15. The van der Waals surface area contributed by atoms with Gasteiger partial charge in [0.1, 0.15) is 0 Å². The summed E-state index contributed by atoms with van der Waals surface area (Å²) < 4.78 is 2.02. The number of hydrazine groups is 1. The van der Waals surface area contributed by atoms with E-state index in [9.17, 15) is 0 Å². The van der Waals surface area contributed by atoms with Crippen molar-refractivity contribution in [3.05, 3.63) is 47.0 Å². The summed E-state index contributed by atoms with van der Waals surface area (Å²) in [5.41, 5.74) is 7.25. The van der Waals surface area contributed by atoms with Crippen molar-refractivity contribution in [2.45, 2.75) is 39.8 Å². The highest BCUT2D eigenvalue weighted by atomic mass is 15.3. The fourth-order valence-corrected chi connectivity index (χ4v) is 2.37. The molecule has 0 radical (unpaired) electrons. The van der Waals surface area contributed by atoms with Gasteiger partial charge in [0.2, 0.25) is 0 Å². The average molecular weight is 259 g/mol. The molecule has 1 unspecified atom stereocenters. The van der Waals surface area contributed by atoms with Crippen LogP contribution < -0.4 is 11.3 Å². The summed E-state index contributed by atoms with van der Waals surface area (Å²) in [5.74, 6) is 5.71. The summed E-state index contributed by atoms with van der Waals surface area (Å²) >= 11 is 0. The molecule has 2 aromatic rings. The SMILES string of the molecule is CCn1nc(C)cc1CC(NN)c1cccnc1C. The molecule has 102 valence electrons. The Bertz CT molecular complexity index is 547. The Balaban J connectivity index is 2.26. The minimum Gasteiger partial charge on any atom is -0.271 e. The van der Waals surface area contributed by atoms with Crippen LogP contribution in [-0.4, -0.2) is 14.8 Å². The molecule has 0 bridgehead atoms. The number of nitrogens with zero attached hydrogens (tertiary/aromatic N) is 3. The largest absolute Gasteiger partial charge is 0.271 e. The summed E-state index contributed by atoms with van der Waals surface area (Å²) in [4.78, 5) is 4.32. The molecule has 2 rings (SSSR count).